The van der Waals surface area contributed by atoms with Crippen LogP contribution in [0.2, 0.25) is 0 Å². The Morgan fingerprint density at radius 1 is 1.38 bits per heavy atom. The molecule has 2 aliphatic rings. The summed E-state index contributed by atoms with van der Waals surface area (Å²) in [4.78, 5) is 28.8. The molecule has 1 fully saturated rings. The van der Waals surface area contributed by atoms with Crippen LogP contribution in [0.1, 0.15) is 23.3 Å². The minimum atomic E-state index is -0.743. The molecule has 21 heavy (non-hydrogen) atoms. The van der Waals surface area contributed by atoms with E-state index in [0.29, 0.717) is 19.6 Å². The van der Waals surface area contributed by atoms with Crippen molar-refractivity contribution in [2.75, 3.05) is 26.2 Å². The fourth-order valence-corrected chi connectivity index (χ4v) is 4.04. The lowest BCUT2D eigenvalue weighted by Crippen LogP contribution is -2.46. The van der Waals surface area contributed by atoms with E-state index < -0.39 is 5.97 Å². The Hall–Kier alpha value is -1.40. The number of rotatable bonds is 3. The summed E-state index contributed by atoms with van der Waals surface area (Å²) in [5, 5.41) is 11.2. The third kappa shape index (κ3) is 3.27. The topological polar surface area (TPSA) is 60.9 Å². The molecule has 1 amide bonds. The fourth-order valence-electron chi connectivity index (χ4n) is 3.15. The Balaban J connectivity index is 1.56. The maximum absolute atomic E-state index is 12.4. The molecule has 1 N–H and O–H groups in total. The largest absolute Gasteiger partial charge is 0.481 e. The van der Waals surface area contributed by atoms with Crippen molar-refractivity contribution in [1.29, 1.82) is 0 Å². The van der Waals surface area contributed by atoms with Crippen LogP contribution in [0.25, 0.3) is 0 Å². The molecule has 0 radical (unpaired) electrons. The molecular weight excluding hydrogens is 288 g/mol. The van der Waals surface area contributed by atoms with Crippen LogP contribution in [0.5, 0.6) is 0 Å². The second-order valence-electron chi connectivity index (χ2n) is 5.85. The summed E-state index contributed by atoms with van der Waals surface area (Å²) < 4.78 is 0. The number of fused-ring (bicyclic) bond motifs is 1. The third-order valence-electron chi connectivity index (χ3n) is 4.37. The van der Waals surface area contributed by atoms with Gasteiger partial charge in [-0.15, -0.1) is 11.3 Å². The standard InChI is InChI=1S/C15H20N2O3S/c18-14(10-16-5-1-2-12(8-16)15(19)20)17-6-3-13-11(9-17)4-7-21-13/h4,7,12H,1-3,5-6,8-10H2,(H,19,20). The number of amides is 1. The van der Waals surface area contributed by atoms with Gasteiger partial charge in [0.15, 0.2) is 0 Å². The second kappa shape index (κ2) is 6.15. The molecule has 1 aromatic heterocycles. The van der Waals surface area contributed by atoms with Gasteiger partial charge in [0, 0.05) is 24.5 Å². The molecule has 6 heteroatoms. The zero-order valence-corrected chi connectivity index (χ0v) is 12.8. The second-order valence-corrected chi connectivity index (χ2v) is 6.85. The van der Waals surface area contributed by atoms with Gasteiger partial charge >= 0.3 is 5.97 Å². The molecule has 0 aromatic carbocycles. The van der Waals surface area contributed by atoms with Gasteiger partial charge in [0.05, 0.1) is 12.5 Å². The number of hydrogen-bond donors (Lipinski definition) is 1. The first-order valence-electron chi connectivity index (χ1n) is 7.41. The van der Waals surface area contributed by atoms with Gasteiger partial charge in [-0.2, -0.15) is 0 Å². The van der Waals surface area contributed by atoms with Gasteiger partial charge in [0.1, 0.15) is 0 Å². The van der Waals surface area contributed by atoms with Crippen molar-refractivity contribution in [1.82, 2.24) is 9.80 Å². The highest BCUT2D eigenvalue weighted by Gasteiger charge is 2.28. The predicted octanol–water partition coefficient (Wildman–Crippen LogP) is 1.43. The van der Waals surface area contributed by atoms with Crippen molar-refractivity contribution >= 4 is 23.2 Å². The van der Waals surface area contributed by atoms with Crippen molar-refractivity contribution in [3.63, 3.8) is 0 Å². The number of hydrogen-bond acceptors (Lipinski definition) is 4. The van der Waals surface area contributed by atoms with E-state index in [4.69, 9.17) is 5.11 Å². The summed E-state index contributed by atoms with van der Waals surface area (Å²) >= 11 is 1.76. The third-order valence-corrected chi connectivity index (χ3v) is 5.40. The van der Waals surface area contributed by atoms with Gasteiger partial charge in [0.25, 0.3) is 0 Å². The first kappa shape index (κ1) is 14.5. The number of likely N-dealkylation sites (tertiary alicyclic amines) is 1. The van der Waals surface area contributed by atoms with Crippen LogP contribution in [-0.4, -0.2) is 53.0 Å². The van der Waals surface area contributed by atoms with Crippen molar-refractivity contribution < 1.29 is 14.7 Å². The van der Waals surface area contributed by atoms with Crippen LogP contribution in [0.4, 0.5) is 0 Å². The lowest BCUT2D eigenvalue weighted by atomic mass is 9.98. The zero-order chi connectivity index (χ0) is 14.8. The lowest BCUT2D eigenvalue weighted by molar-refractivity contribution is -0.145. The number of carbonyl (C=O) groups excluding carboxylic acids is 1. The van der Waals surface area contributed by atoms with Gasteiger partial charge < -0.3 is 10.0 Å². The quantitative estimate of drug-likeness (QED) is 0.917. The number of aliphatic carboxylic acids is 1. The van der Waals surface area contributed by atoms with Gasteiger partial charge in [-0.25, -0.2) is 0 Å². The Labute approximate surface area is 128 Å². The average Bonchev–Trinajstić information content (AvgIpc) is 2.94. The summed E-state index contributed by atoms with van der Waals surface area (Å²) in [7, 11) is 0. The van der Waals surface area contributed by atoms with Gasteiger partial charge in [-0.05, 0) is 42.8 Å². The van der Waals surface area contributed by atoms with Crippen LogP contribution in [0, 0.1) is 5.92 Å². The summed E-state index contributed by atoms with van der Waals surface area (Å²) in [5.74, 6) is -0.942. The number of nitrogens with zero attached hydrogens (tertiary/aromatic N) is 2. The Morgan fingerprint density at radius 2 is 2.24 bits per heavy atom. The fraction of sp³-hybridized carbons (Fsp3) is 0.600. The maximum atomic E-state index is 12.4. The highest BCUT2D eigenvalue weighted by Crippen LogP contribution is 2.24. The molecule has 1 unspecified atom stereocenters. The van der Waals surface area contributed by atoms with Crippen LogP contribution >= 0.6 is 11.3 Å². The van der Waals surface area contributed by atoms with E-state index in [1.54, 1.807) is 11.3 Å². The minimum Gasteiger partial charge on any atom is -0.481 e. The van der Waals surface area contributed by atoms with Crippen LogP contribution in [0.3, 0.4) is 0 Å². The monoisotopic (exact) mass is 308 g/mol. The van der Waals surface area contributed by atoms with Crippen molar-refractivity contribution in [3.8, 4) is 0 Å². The summed E-state index contributed by atoms with van der Waals surface area (Å²) in [6, 6.07) is 2.10. The van der Waals surface area contributed by atoms with Gasteiger partial charge in [-0.1, -0.05) is 0 Å². The lowest BCUT2D eigenvalue weighted by Gasteiger charge is -2.33. The molecule has 3 heterocycles. The summed E-state index contributed by atoms with van der Waals surface area (Å²) in [6.07, 6.45) is 2.53. The van der Waals surface area contributed by atoms with Gasteiger partial charge in [-0.3, -0.25) is 14.5 Å². The van der Waals surface area contributed by atoms with E-state index in [1.165, 1.54) is 10.4 Å². The zero-order valence-electron chi connectivity index (χ0n) is 12.0. The van der Waals surface area contributed by atoms with E-state index in [-0.39, 0.29) is 11.8 Å². The molecule has 0 saturated carbocycles. The Kier molecular flexibility index (Phi) is 4.26. The van der Waals surface area contributed by atoms with E-state index in [0.717, 1.165) is 32.4 Å². The van der Waals surface area contributed by atoms with Crippen LogP contribution in [0.15, 0.2) is 11.4 Å². The van der Waals surface area contributed by atoms with Gasteiger partial charge in [0.2, 0.25) is 5.91 Å². The molecule has 0 spiro atoms. The first-order valence-corrected chi connectivity index (χ1v) is 8.29. The average molecular weight is 308 g/mol. The summed E-state index contributed by atoms with van der Waals surface area (Å²) in [6.45, 7) is 3.16. The van der Waals surface area contributed by atoms with E-state index in [1.807, 2.05) is 9.80 Å². The van der Waals surface area contributed by atoms with Crippen molar-refractivity contribution in [2.45, 2.75) is 25.8 Å². The van der Waals surface area contributed by atoms with Crippen molar-refractivity contribution in [3.05, 3.63) is 21.9 Å². The predicted molar refractivity (Wildman–Crippen MR) is 80.2 cm³/mol. The molecule has 0 aliphatic carbocycles. The van der Waals surface area contributed by atoms with E-state index >= 15 is 0 Å². The molecule has 114 valence electrons. The smallest absolute Gasteiger partial charge is 0.307 e. The molecule has 3 rings (SSSR count). The van der Waals surface area contributed by atoms with E-state index in [9.17, 15) is 9.59 Å². The highest BCUT2D eigenvalue weighted by molar-refractivity contribution is 7.10. The molecule has 0 bridgehead atoms. The molecule has 2 aliphatic heterocycles. The first-order chi connectivity index (χ1) is 10.1. The number of carbonyl (C=O) groups is 2. The molecule has 1 saturated heterocycles. The Morgan fingerprint density at radius 3 is 3.05 bits per heavy atom. The highest BCUT2D eigenvalue weighted by atomic mass is 32.1. The maximum Gasteiger partial charge on any atom is 0.307 e. The summed E-state index contributed by atoms with van der Waals surface area (Å²) in [5.41, 5.74) is 1.27. The molecule has 5 nitrogen and oxygen atoms in total. The number of piperidine rings is 1. The molecule has 1 atom stereocenters. The normalized spacial score (nSPS) is 22.9. The number of carboxylic acid groups (broad SMARTS) is 1. The van der Waals surface area contributed by atoms with Crippen LogP contribution in [-0.2, 0) is 22.6 Å². The SMILES string of the molecule is O=C(O)C1CCCN(CC(=O)N2CCc3sccc3C2)C1. The number of thiophene rings is 1. The van der Waals surface area contributed by atoms with Crippen molar-refractivity contribution in [2.24, 2.45) is 5.92 Å². The molecule has 1 aromatic rings. The van der Waals surface area contributed by atoms with E-state index in [2.05, 4.69) is 11.4 Å². The molecular formula is C15H20N2O3S. The minimum absolute atomic E-state index is 0.123. The number of carboxylic acids is 1. The van der Waals surface area contributed by atoms with Crippen LogP contribution < -0.4 is 0 Å². The Bertz CT molecular complexity index is 543.